The van der Waals surface area contributed by atoms with E-state index in [2.05, 4.69) is 10.9 Å². The van der Waals surface area contributed by atoms with E-state index in [9.17, 15) is 0 Å². The number of hydrogen-bond donors (Lipinski definition) is 2. The highest BCUT2D eigenvalue weighted by Gasteiger charge is 2.10. The topological polar surface area (TPSA) is 42.5 Å². The van der Waals surface area contributed by atoms with Gasteiger partial charge in [-0.05, 0) is 42.0 Å². The number of rotatable bonds is 8. The van der Waals surface area contributed by atoms with E-state index in [4.69, 9.17) is 32.7 Å². The highest BCUT2D eigenvalue weighted by Crippen LogP contribution is 2.31. The fourth-order valence-corrected chi connectivity index (χ4v) is 3.04. The van der Waals surface area contributed by atoms with E-state index in [-0.39, 0.29) is 6.61 Å². The zero-order valence-electron chi connectivity index (χ0n) is 14.8. The lowest BCUT2D eigenvalue weighted by Crippen LogP contribution is -2.20. The molecule has 0 aliphatic carbocycles. The second-order valence-electron chi connectivity index (χ2n) is 5.82. The van der Waals surface area contributed by atoms with E-state index in [1.54, 1.807) is 25.3 Å². The molecule has 0 saturated heterocycles. The molecule has 0 aliphatic heterocycles. The van der Waals surface area contributed by atoms with Gasteiger partial charge in [0, 0.05) is 27.8 Å². The molecule has 27 heavy (non-hydrogen) atoms. The summed E-state index contributed by atoms with van der Waals surface area (Å²) < 4.78 is 11.3. The van der Waals surface area contributed by atoms with E-state index in [0.29, 0.717) is 28.1 Å². The molecule has 0 spiro atoms. The number of ether oxygens (including phenoxy) is 2. The predicted molar refractivity (Wildman–Crippen MR) is 111 cm³/mol. The van der Waals surface area contributed by atoms with Crippen molar-refractivity contribution in [1.29, 1.82) is 0 Å². The zero-order chi connectivity index (χ0) is 19.1. The standard InChI is InChI=1S/C21H20Cl2N2O2/c1-26-21-12-15(13-24-25-16-6-3-2-4-7-16)10-11-20(21)27-14-17-18(22)8-5-9-19(17)23/h2-12,24-25H,13-14H2,1H3. The Labute approximate surface area is 169 Å². The first-order valence-corrected chi connectivity index (χ1v) is 9.19. The predicted octanol–water partition coefficient (Wildman–Crippen LogP) is 5.70. The Morgan fingerprint density at radius 3 is 2.30 bits per heavy atom. The van der Waals surface area contributed by atoms with Gasteiger partial charge in [-0.3, -0.25) is 0 Å². The summed E-state index contributed by atoms with van der Waals surface area (Å²) in [5.74, 6) is 1.28. The van der Waals surface area contributed by atoms with Gasteiger partial charge >= 0.3 is 0 Å². The third-order valence-corrected chi connectivity index (χ3v) is 4.67. The molecule has 0 atom stereocenters. The van der Waals surface area contributed by atoms with Gasteiger partial charge in [-0.25, -0.2) is 5.43 Å². The van der Waals surface area contributed by atoms with Crippen LogP contribution in [0.2, 0.25) is 10.0 Å². The van der Waals surface area contributed by atoms with Gasteiger partial charge in [-0.2, -0.15) is 0 Å². The zero-order valence-corrected chi connectivity index (χ0v) is 16.3. The molecule has 6 heteroatoms. The minimum absolute atomic E-state index is 0.266. The summed E-state index contributed by atoms with van der Waals surface area (Å²) in [6, 6.07) is 21.1. The number of hydrazine groups is 1. The number of anilines is 1. The molecule has 4 nitrogen and oxygen atoms in total. The molecule has 0 bridgehead atoms. The maximum Gasteiger partial charge on any atom is 0.161 e. The van der Waals surface area contributed by atoms with Crippen LogP contribution in [0, 0.1) is 0 Å². The van der Waals surface area contributed by atoms with E-state index < -0.39 is 0 Å². The Morgan fingerprint density at radius 1 is 0.852 bits per heavy atom. The molecule has 0 amide bonds. The van der Waals surface area contributed by atoms with Crippen LogP contribution in [0.4, 0.5) is 5.69 Å². The van der Waals surface area contributed by atoms with Gasteiger partial charge in [0.05, 0.1) is 7.11 Å². The third-order valence-electron chi connectivity index (χ3n) is 3.96. The van der Waals surface area contributed by atoms with Gasteiger partial charge in [0.15, 0.2) is 11.5 Å². The molecule has 3 aromatic rings. The number of methoxy groups -OCH3 is 1. The number of para-hydroxylation sites is 1. The molecule has 0 saturated carbocycles. The maximum absolute atomic E-state index is 6.19. The van der Waals surface area contributed by atoms with Crippen LogP contribution in [0.1, 0.15) is 11.1 Å². The molecule has 3 aromatic carbocycles. The van der Waals surface area contributed by atoms with Crippen molar-refractivity contribution in [3.05, 3.63) is 87.9 Å². The van der Waals surface area contributed by atoms with Crippen molar-refractivity contribution in [2.24, 2.45) is 0 Å². The number of halogens is 2. The molecule has 0 heterocycles. The van der Waals surface area contributed by atoms with Crippen LogP contribution >= 0.6 is 23.2 Å². The number of hydrogen-bond acceptors (Lipinski definition) is 4. The van der Waals surface area contributed by atoms with Crippen LogP contribution in [-0.2, 0) is 13.2 Å². The minimum atomic E-state index is 0.266. The Balaban J connectivity index is 1.62. The fourth-order valence-electron chi connectivity index (χ4n) is 2.53. The van der Waals surface area contributed by atoms with E-state index in [1.165, 1.54) is 0 Å². The SMILES string of the molecule is COc1cc(CNNc2ccccc2)ccc1OCc1c(Cl)cccc1Cl. The first-order valence-electron chi connectivity index (χ1n) is 8.44. The molecule has 0 aliphatic rings. The molecule has 2 N–H and O–H groups in total. The van der Waals surface area contributed by atoms with Crippen molar-refractivity contribution in [3.63, 3.8) is 0 Å². The summed E-state index contributed by atoms with van der Waals surface area (Å²) in [7, 11) is 1.62. The molecule has 0 unspecified atom stereocenters. The van der Waals surface area contributed by atoms with Crippen LogP contribution in [0.3, 0.4) is 0 Å². The summed E-state index contributed by atoms with van der Waals surface area (Å²) in [6.45, 7) is 0.893. The van der Waals surface area contributed by atoms with Crippen molar-refractivity contribution in [2.75, 3.05) is 12.5 Å². The molecule has 0 aromatic heterocycles. The molecule has 3 rings (SSSR count). The van der Waals surface area contributed by atoms with Gasteiger partial charge in [0.2, 0.25) is 0 Å². The number of benzene rings is 3. The minimum Gasteiger partial charge on any atom is -0.493 e. The second-order valence-corrected chi connectivity index (χ2v) is 6.63. The highest BCUT2D eigenvalue weighted by molar-refractivity contribution is 6.35. The van der Waals surface area contributed by atoms with Gasteiger partial charge in [-0.15, -0.1) is 0 Å². The van der Waals surface area contributed by atoms with Gasteiger partial charge in [0.25, 0.3) is 0 Å². The van der Waals surface area contributed by atoms with E-state index in [0.717, 1.165) is 16.8 Å². The first-order chi connectivity index (χ1) is 13.2. The van der Waals surface area contributed by atoms with Crippen LogP contribution in [0.25, 0.3) is 0 Å². The molecular weight excluding hydrogens is 383 g/mol. The molecule has 0 fully saturated rings. The van der Waals surface area contributed by atoms with Crippen molar-refractivity contribution in [3.8, 4) is 11.5 Å². The van der Waals surface area contributed by atoms with Crippen molar-refractivity contribution in [2.45, 2.75) is 13.2 Å². The lowest BCUT2D eigenvalue weighted by Gasteiger charge is -2.14. The van der Waals surface area contributed by atoms with Crippen LogP contribution in [0.5, 0.6) is 11.5 Å². The summed E-state index contributed by atoms with van der Waals surface area (Å²) in [6.07, 6.45) is 0. The molecule has 140 valence electrons. The monoisotopic (exact) mass is 402 g/mol. The normalized spacial score (nSPS) is 10.5. The summed E-state index contributed by atoms with van der Waals surface area (Å²) in [4.78, 5) is 0. The second kappa shape index (κ2) is 9.51. The van der Waals surface area contributed by atoms with Crippen LogP contribution in [-0.4, -0.2) is 7.11 Å². The van der Waals surface area contributed by atoms with Crippen molar-refractivity contribution < 1.29 is 9.47 Å². The Hall–Kier alpha value is -2.40. The Kier molecular flexibility index (Phi) is 6.82. The summed E-state index contributed by atoms with van der Waals surface area (Å²) in [5.41, 5.74) is 9.14. The smallest absolute Gasteiger partial charge is 0.161 e. The van der Waals surface area contributed by atoms with Crippen LogP contribution < -0.4 is 20.3 Å². The lowest BCUT2D eigenvalue weighted by molar-refractivity contribution is 0.284. The average molecular weight is 403 g/mol. The quantitative estimate of drug-likeness (QED) is 0.474. The maximum atomic E-state index is 6.19. The van der Waals surface area contributed by atoms with Gasteiger partial charge < -0.3 is 14.9 Å². The molecular formula is C21H20Cl2N2O2. The largest absolute Gasteiger partial charge is 0.493 e. The fraction of sp³-hybridized carbons (Fsp3) is 0.143. The van der Waals surface area contributed by atoms with Gasteiger partial charge in [-0.1, -0.05) is 53.5 Å². The van der Waals surface area contributed by atoms with E-state index in [1.807, 2.05) is 48.5 Å². The summed E-state index contributed by atoms with van der Waals surface area (Å²) in [5, 5.41) is 1.16. The Bertz CT molecular complexity index is 868. The van der Waals surface area contributed by atoms with Gasteiger partial charge in [0.1, 0.15) is 6.61 Å². The lowest BCUT2D eigenvalue weighted by atomic mass is 10.2. The number of nitrogens with one attached hydrogen (secondary N) is 2. The highest BCUT2D eigenvalue weighted by atomic mass is 35.5. The van der Waals surface area contributed by atoms with E-state index >= 15 is 0 Å². The average Bonchev–Trinajstić information content (AvgIpc) is 2.69. The van der Waals surface area contributed by atoms with Crippen molar-refractivity contribution in [1.82, 2.24) is 5.43 Å². The third kappa shape index (κ3) is 5.30. The van der Waals surface area contributed by atoms with Crippen LogP contribution in [0.15, 0.2) is 66.7 Å². The first kappa shape index (κ1) is 19.4. The molecule has 0 radical (unpaired) electrons. The Morgan fingerprint density at radius 2 is 1.59 bits per heavy atom. The van der Waals surface area contributed by atoms with Crippen molar-refractivity contribution >= 4 is 28.9 Å². The summed E-state index contributed by atoms with van der Waals surface area (Å²) >= 11 is 12.4.